The van der Waals surface area contributed by atoms with E-state index in [1.165, 1.54) is 0 Å². The van der Waals surface area contributed by atoms with Gasteiger partial charge in [0.1, 0.15) is 13.2 Å². The predicted octanol–water partition coefficient (Wildman–Crippen LogP) is 0.346. The first kappa shape index (κ1) is 21.4. The van der Waals surface area contributed by atoms with E-state index in [9.17, 15) is 14.4 Å². The maximum absolute atomic E-state index is 12.3. The summed E-state index contributed by atoms with van der Waals surface area (Å²) in [5, 5.41) is 5.00. The normalized spacial score (nSPS) is 19.2. The van der Waals surface area contributed by atoms with Gasteiger partial charge in [-0.25, -0.2) is 4.79 Å². The van der Waals surface area contributed by atoms with Gasteiger partial charge in [0, 0.05) is 51.0 Å². The minimum Gasteiger partial charge on any atom is -0.486 e. The fraction of sp³-hybridized carbons (Fsp3) is 0.571. The molecular weight excluding hydrogens is 402 g/mol. The zero-order chi connectivity index (χ0) is 21.6. The van der Waals surface area contributed by atoms with Crippen molar-refractivity contribution in [3.63, 3.8) is 0 Å². The first-order valence-corrected chi connectivity index (χ1v) is 10.8. The topological polar surface area (TPSA) is 103 Å². The zero-order valence-corrected chi connectivity index (χ0v) is 17.6. The van der Waals surface area contributed by atoms with Crippen LogP contribution in [0.1, 0.15) is 12.8 Å². The highest BCUT2D eigenvalue weighted by Crippen LogP contribution is 2.32. The Morgan fingerprint density at radius 3 is 2.19 bits per heavy atom. The molecule has 4 rings (SSSR count). The third-order valence-corrected chi connectivity index (χ3v) is 5.70. The minimum atomic E-state index is -0.587. The number of nitrogens with one attached hydrogen (secondary N) is 2. The molecule has 3 aliphatic rings. The Hall–Kier alpha value is -2.85. The number of likely N-dealkylation sites (tertiary alicyclic amines) is 1. The van der Waals surface area contributed by atoms with Gasteiger partial charge in [0.25, 0.3) is 0 Å². The van der Waals surface area contributed by atoms with E-state index in [0.717, 1.165) is 39.0 Å². The lowest BCUT2D eigenvalue weighted by atomic mass is 10.2. The standard InChI is InChI=1S/C21H29N5O5/c27-19(23-21(29)22-16-3-4-17-18(13-16)31-12-11-30-17)14-24-7-9-25(10-8-24)15-20(28)26-5-1-2-6-26/h3-4,13H,1-2,5-12,14-15H2,(H2,22,23,27,29). The van der Waals surface area contributed by atoms with Crippen LogP contribution in [0.2, 0.25) is 0 Å². The maximum Gasteiger partial charge on any atom is 0.325 e. The van der Waals surface area contributed by atoms with Gasteiger partial charge < -0.3 is 19.7 Å². The van der Waals surface area contributed by atoms with Crippen molar-refractivity contribution >= 4 is 23.5 Å². The maximum atomic E-state index is 12.3. The Bertz CT molecular complexity index is 818. The summed E-state index contributed by atoms with van der Waals surface area (Å²) in [6, 6.07) is 4.50. The second-order valence-electron chi connectivity index (χ2n) is 8.00. The number of imide groups is 1. The summed E-state index contributed by atoms with van der Waals surface area (Å²) >= 11 is 0. The zero-order valence-electron chi connectivity index (χ0n) is 17.6. The van der Waals surface area contributed by atoms with Crippen LogP contribution in [0.4, 0.5) is 10.5 Å². The molecule has 0 spiro atoms. The smallest absolute Gasteiger partial charge is 0.325 e. The summed E-state index contributed by atoms with van der Waals surface area (Å²) in [5.41, 5.74) is 0.519. The van der Waals surface area contributed by atoms with E-state index in [2.05, 4.69) is 15.5 Å². The molecule has 1 aromatic carbocycles. The lowest BCUT2D eigenvalue weighted by Gasteiger charge is -2.34. The Kier molecular flexibility index (Phi) is 6.88. The predicted molar refractivity (Wildman–Crippen MR) is 113 cm³/mol. The van der Waals surface area contributed by atoms with E-state index in [0.29, 0.717) is 50.0 Å². The number of fused-ring (bicyclic) bond motifs is 1. The summed E-state index contributed by atoms with van der Waals surface area (Å²) in [5.74, 6) is 1.03. The number of carbonyl (C=O) groups excluding carboxylic acids is 3. The number of nitrogens with zero attached hydrogens (tertiary/aromatic N) is 3. The van der Waals surface area contributed by atoms with E-state index in [-0.39, 0.29) is 18.4 Å². The quantitative estimate of drug-likeness (QED) is 0.693. The second kappa shape index (κ2) is 9.97. The van der Waals surface area contributed by atoms with Crippen molar-refractivity contribution in [1.29, 1.82) is 0 Å². The summed E-state index contributed by atoms with van der Waals surface area (Å²) in [7, 11) is 0. The summed E-state index contributed by atoms with van der Waals surface area (Å²) in [6.07, 6.45) is 2.19. The number of urea groups is 1. The molecule has 0 unspecified atom stereocenters. The molecule has 2 saturated heterocycles. The lowest BCUT2D eigenvalue weighted by molar-refractivity contribution is -0.132. The van der Waals surface area contributed by atoms with Crippen LogP contribution >= 0.6 is 0 Å². The second-order valence-corrected chi connectivity index (χ2v) is 8.00. The van der Waals surface area contributed by atoms with Gasteiger partial charge in [-0.05, 0) is 25.0 Å². The number of piperazine rings is 1. The molecule has 3 heterocycles. The van der Waals surface area contributed by atoms with Gasteiger partial charge in [-0.2, -0.15) is 0 Å². The van der Waals surface area contributed by atoms with E-state index in [1.54, 1.807) is 18.2 Å². The molecular formula is C21H29N5O5. The third kappa shape index (κ3) is 5.86. The summed E-state index contributed by atoms with van der Waals surface area (Å²) in [6.45, 7) is 6.11. The summed E-state index contributed by atoms with van der Waals surface area (Å²) in [4.78, 5) is 42.7. The van der Waals surface area contributed by atoms with Gasteiger partial charge >= 0.3 is 6.03 Å². The Labute approximate surface area is 181 Å². The number of rotatable bonds is 5. The van der Waals surface area contributed by atoms with E-state index in [4.69, 9.17) is 9.47 Å². The molecule has 0 atom stereocenters. The molecule has 0 saturated carbocycles. The first-order chi connectivity index (χ1) is 15.1. The molecule has 3 aliphatic heterocycles. The highest BCUT2D eigenvalue weighted by Gasteiger charge is 2.24. The fourth-order valence-corrected chi connectivity index (χ4v) is 4.02. The molecule has 10 nitrogen and oxygen atoms in total. The van der Waals surface area contributed by atoms with Gasteiger partial charge in [-0.3, -0.25) is 24.7 Å². The van der Waals surface area contributed by atoms with Crippen LogP contribution in [0.15, 0.2) is 18.2 Å². The SMILES string of the molecule is O=C(CN1CCN(CC(=O)N2CCCC2)CC1)NC(=O)Nc1ccc2c(c1)OCCO2. The number of carbonyl (C=O) groups is 3. The molecule has 0 radical (unpaired) electrons. The van der Waals surface area contributed by atoms with Gasteiger partial charge in [-0.1, -0.05) is 0 Å². The fourth-order valence-electron chi connectivity index (χ4n) is 4.02. The average molecular weight is 431 g/mol. The molecule has 1 aromatic rings. The average Bonchev–Trinajstić information content (AvgIpc) is 3.30. The van der Waals surface area contributed by atoms with Crippen molar-refractivity contribution < 1.29 is 23.9 Å². The van der Waals surface area contributed by atoms with E-state index in [1.807, 2.05) is 9.80 Å². The number of hydrogen-bond donors (Lipinski definition) is 2. The Morgan fingerprint density at radius 1 is 0.839 bits per heavy atom. The molecule has 10 heteroatoms. The number of anilines is 1. The van der Waals surface area contributed by atoms with Crippen LogP contribution in [0.25, 0.3) is 0 Å². The molecule has 0 bridgehead atoms. The molecule has 31 heavy (non-hydrogen) atoms. The van der Waals surface area contributed by atoms with Crippen LogP contribution in [0, 0.1) is 0 Å². The van der Waals surface area contributed by atoms with Crippen molar-refractivity contribution in [2.75, 3.05) is 70.9 Å². The van der Waals surface area contributed by atoms with E-state index >= 15 is 0 Å². The highest BCUT2D eigenvalue weighted by molar-refractivity contribution is 6.01. The van der Waals surface area contributed by atoms with Crippen molar-refractivity contribution in [2.45, 2.75) is 12.8 Å². The molecule has 4 amide bonds. The highest BCUT2D eigenvalue weighted by atomic mass is 16.6. The van der Waals surface area contributed by atoms with Crippen molar-refractivity contribution in [2.24, 2.45) is 0 Å². The van der Waals surface area contributed by atoms with Crippen LogP contribution < -0.4 is 20.1 Å². The summed E-state index contributed by atoms with van der Waals surface area (Å²) < 4.78 is 10.9. The van der Waals surface area contributed by atoms with Crippen molar-refractivity contribution in [3.8, 4) is 11.5 Å². The van der Waals surface area contributed by atoms with Crippen molar-refractivity contribution in [1.82, 2.24) is 20.0 Å². The monoisotopic (exact) mass is 431 g/mol. The third-order valence-electron chi connectivity index (χ3n) is 5.70. The molecule has 2 fully saturated rings. The van der Waals surface area contributed by atoms with Crippen LogP contribution in [-0.2, 0) is 9.59 Å². The van der Waals surface area contributed by atoms with Crippen LogP contribution in [0.5, 0.6) is 11.5 Å². The minimum absolute atomic E-state index is 0.141. The molecule has 0 aliphatic carbocycles. The van der Waals surface area contributed by atoms with Crippen molar-refractivity contribution in [3.05, 3.63) is 18.2 Å². The van der Waals surface area contributed by atoms with Crippen LogP contribution in [0.3, 0.4) is 0 Å². The van der Waals surface area contributed by atoms with Gasteiger partial charge in [0.15, 0.2) is 11.5 Å². The number of benzene rings is 1. The lowest BCUT2D eigenvalue weighted by Crippen LogP contribution is -2.52. The largest absolute Gasteiger partial charge is 0.486 e. The molecule has 2 N–H and O–H groups in total. The number of amides is 4. The Morgan fingerprint density at radius 2 is 1.48 bits per heavy atom. The van der Waals surface area contributed by atoms with Gasteiger partial charge in [-0.15, -0.1) is 0 Å². The Balaban J connectivity index is 1.16. The first-order valence-electron chi connectivity index (χ1n) is 10.8. The molecule has 0 aromatic heterocycles. The molecule has 168 valence electrons. The van der Waals surface area contributed by atoms with Gasteiger partial charge in [0.2, 0.25) is 11.8 Å². The number of hydrogen-bond acceptors (Lipinski definition) is 7. The van der Waals surface area contributed by atoms with Gasteiger partial charge in [0.05, 0.1) is 13.1 Å². The van der Waals surface area contributed by atoms with E-state index < -0.39 is 6.03 Å². The van der Waals surface area contributed by atoms with Crippen LogP contribution in [-0.4, -0.2) is 98.1 Å². The number of ether oxygens (including phenoxy) is 2.